The average Bonchev–Trinajstić information content (AvgIpc) is 2.34. The number of benzene rings is 1. The molecule has 0 saturated heterocycles. The van der Waals surface area contributed by atoms with Crippen LogP contribution in [0.15, 0.2) is 30.6 Å². The number of nitrogens with zero attached hydrogens (tertiary/aromatic N) is 2. The Balaban J connectivity index is 2.18. The third-order valence-electron chi connectivity index (χ3n) is 3.23. The molecule has 1 aromatic heterocycles. The Morgan fingerprint density at radius 2 is 1.67 bits per heavy atom. The second kappa shape index (κ2) is 5.43. The number of rotatable bonds is 3. The van der Waals surface area contributed by atoms with Crippen molar-refractivity contribution in [2.75, 3.05) is 0 Å². The lowest BCUT2D eigenvalue weighted by atomic mass is 9.81. The summed E-state index contributed by atoms with van der Waals surface area (Å²) in [7, 11) is 0. The van der Waals surface area contributed by atoms with Gasteiger partial charge in [-0.25, -0.2) is 0 Å². The summed E-state index contributed by atoms with van der Waals surface area (Å²) < 4.78 is 0. The van der Waals surface area contributed by atoms with Gasteiger partial charge in [-0.05, 0) is 37.8 Å². The van der Waals surface area contributed by atoms with Crippen molar-refractivity contribution in [2.24, 2.45) is 5.41 Å². The number of carbonyl (C=O) groups is 1. The van der Waals surface area contributed by atoms with E-state index in [9.17, 15) is 4.79 Å². The van der Waals surface area contributed by atoms with Crippen molar-refractivity contribution in [3.63, 3.8) is 0 Å². The summed E-state index contributed by atoms with van der Waals surface area (Å²) in [6.07, 6.45) is 4.28. The fraction of sp³-hybridized carbons (Fsp3) is 0.471. The molecule has 0 unspecified atom stereocenters. The molecule has 0 aliphatic carbocycles. The monoisotopic (exact) mass is 285 g/mol. The van der Waals surface area contributed by atoms with Crippen LogP contribution < -0.4 is 5.32 Å². The molecule has 0 radical (unpaired) electrons. The molecule has 21 heavy (non-hydrogen) atoms. The van der Waals surface area contributed by atoms with Gasteiger partial charge < -0.3 is 5.32 Å². The number of fused-ring (bicyclic) bond motifs is 1. The lowest BCUT2D eigenvalue weighted by Gasteiger charge is -2.33. The summed E-state index contributed by atoms with van der Waals surface area (Å²) in [5.41, 5.74) is 0.564. The summed E-state index contributed by atoms with van der Waals surface area (Å²) in [6, 6.07) is 5.58. The molecular formula is C17H23N3O. The number of hydrogen-bond acceptors (Lipinski definition) is 3. The highest BCUT2D eigenvalue weighted by atomic mass is 16.1. The standard InChI is InChI=1S/C17H23N3O/c1-16(2,3)11-17(4,5)20-15(21)12-6-7-13-9-18-19-10-14(13)8-12/h6-10H,11H2,1-5H3,(H,20,21). The molecule has 4 heteroatoms. The molecule has 0 atom stereocenters. The number of carbonyl (C=O) groups excluding carboxylic acids is 1. The van der Waals surface area contributed by atoms with E-state index in [0.29, 0.717) is 5.56 Å². The minimum absolute atomic E-state index is 0.0528. The lowest BCUT2D eigenvalue weighted by Crippen LogP contribution is -2.45. The van der Waals surface area contributed by atoms with E-state index < -0.39 is 0 Å². The number of aromatic nitrogens is 2. The zero-order chi connectivity index (χ0) is 15.7. The molecule has 2 rings (SSSR count). The molecule has 1 aromatic carbocycles. The second-order valence-electron chi connectivity index (χ2n) is 7.41. The van der Waals surface area contributed by atoms with Gasteiger partial charge in [0, 0.05) is 21.9 Å². The van der Waals surface area contributed by atoms with Crippen LogP contribution in [0.5, 0.6) is 0 Å². The number of nitrogens with one attached hydrogen (secondary N) is 1. The number of hydrogen-bond donors (Lipinski definition) is 1. The largest absolute Gasteiger partial charge is 0.347 e. The zero-order valence-corrected chi connectivity index (χ0v) is 13.4. The first-order chi connectivity index (χ1) is 9.66. The Labute approximate surface area is 126 Å². The number of amides is 1. The summed E-state index contributed by atoms with van der Waals surface area (Å²) in [6.45, 7) is 10.6. The first kappa shape index (κ1) is 15.4. The highest BCUT2D eigenvalue weighted by Gasteiger charge is 2.27. The van der Waals surface area contributed by atoms with E-state index in [-0.39, 0.29) is 16.9 Å². The van der Waals surface area contributed by atoms with Crippen LogP contribution in [0.4, 0.5) is 0 Å². The van der Waals surface area contributed by atoms with Crippen LogP contribution in [0.2, 0.25) is 0 Å². The van der Waals surface area contributed by atoms with E-state index in [2.05, 4.69) is 50.1 Å². The van der Waals surface area contributed by atoms with Crippen molar-refractivity contribution in [1.29, 1.82) is 0 Å². The Morgan fingerprint density at radius 1 is 1.05 bits per heavy atom. The summed E-state index contributed by atoms with van der Waals surface area (Å²) in [5, 5.41) is 12.7. The minimum Gasteiger partial charge on any atom is -0.347 e. The molecule has 0 saturated carbocycles. The maximum absolute atomic E-state index is 12.4. The molecule has 112 valence electrons. The second-order valence-corrected chi connectivity index (χ2v) is 7.41. The predicted octanol–water partition coefficient (Wildman–Crippen LogP) is 3.57. The van der Waals surface area contributed by atoms with Crippen LogP contribution in [0, 0.1) is 5.41 Å². The average molecular weight is 285 g/mol. The van der Waals surface area contributed by atoms with Crippen molar-refractivity contribution < 1.29 is 4.79 Å². The van der Waals surface area contributed by atoms with Crippen molar-refractivity contribution in [1.82, 2.24) is 15.5 Å². The Hall–Kier alpha value is -1.97. The topological polar surface area (TPSA) is 54.9 Å². The Kier molecular flexibility index (Phi) is 3.99. The SMILES string of the molecule is CC(C)(C)CC(C)(C)NC(=O)c1ccc2cnncc2c1. The van der Waals surface area contributed by atoms with E-state index in [0.717, 1.165) is 17.2 Å². The van der Waals surface area contributed by atoms with Gasteiger partial charge in [0.25, 0.3) is 5.91 Å². The van der Waals surface area contributed by atoms with Gasteiger partial charge >= 0.3 is 0 Å². The fourth-order valence-corrected chi connectivity index (χ4v) is 2.89. The van der Waals surface area contributed by atoms with Gasteiger partial charge in [0.2, 0.25) is 0 Å². The van der Waals surface area contributed by atoms with Gasteiger partial charge in [-0.3, -0.25) is 4.79 Å². The van der Waals surface area contributed by atoms with Gasteiger partial charge in [0.15, 0.2) is 0 Å². The van der Waals surface area contributed by atoms with Crippen molar-refractivity contribution >= 4 is 16.7 Å². The van der Waals surface area contributed by atoms with Gasteiger partial charge in [0.05, 0.1) is 12.4 Å². The normalized spacial score (nSPS) is 12.4. The molecule has 1 heterocycles. The molecule has 0 aliphatic heterocycles. The predicted molar refractivity (Wildman–Crippen MR) is 85.2 cm³/mol. The highest BCUT2D eigenvalue weighted by Crippen LogP contribution is 2.27. The molecule has 4 nitrogen and oxygen atoms in total. The molecule has 0 aliphatic rings. The summed E-state index contributed by atoms with van der Waals surface area (Å²) in [5.74, 6) is -0.0528. The van der Waals surface area contributed by atoms with Crippen LogP contribution in [-0.2, 0) is 0 Å². The Bertz CT molecular complexity index is 656. The molecule has 0 fully saturated rings. The smallest absolute Gasteiger partial charge is 0.251 e. The maximum atomic E-state index is 12.4. The first-order valence-electron chi connectivity index (χ1n) is 7.19. The van der Waals surface area contributed by atoms with Crippen LogP contribution in [-0.4, -0.2) is 21.6 Å². The summed E-state index contributed by atoms with van der Waals surface area (Å²) >= 11 is 0. The Morgan fingerprint density at radius 3 is 2.29 bits per heavy atom. The minimum atomic E-state index is -0.249. The van der Waals surface area contributed by atoms with E-state index >= 15 is 0 Å². The zero-order valence-electron chi connectivity index (χ0n) is 13.4. The maximum Gasteiger partial charge on any atom is 0.251 e. The van der Waals surface area contributed by atoms with Gasteiger partial charge in [0.1, 0.15) is 0 Å². The van der Waals surface area contributed by atoms with Gasteiger partial charge in [-0.15, -0.1) is 0 Å². The molecule has 2 aromatic rings. The molecule has 1 N–H and O–H groups in total. The third kappa shape index (κ3) is 4.25. The lowest BCUT2D eigenvalue weighted by molar-refractivity contribution is 0.0891. The van der Waals surface area contributed by atoms with Crippen LogP contribution >= 0.6 is 0 Å². The van der Waals surface area contributed by atoms with Crippen LogP contribution in [0.1, 0.15) is 51.4 Å². The highest BCUT2D eigenvalue weighted by molar-refractivity contribution is 5.98. The van der Waals surface area contributed by atoms with E-state index in [1.165, 1.54) is 0 Å². The van der Waals surface area contributed by atoms with Crippen LogP contribution in [0.3, 0.4) is 0 Å². The molecular weight excluding hydrogens is 262 g/mol. The van der Waals surface area contributed by atoms with Gasteiger partial charge in [-0.2, -0.15) is 10.2 Å². The first-order valence-corrected chi connectivity index (χ1v) is 7.19. The van der Waals surface area contributed by atoms with E-state index in [4.69, 9.17) is 0 Å². The summed E-state index contributed by atoms with van der Waals surface area (Å²) in [4.78, 5) is 12.4. The van der Waals surface area contributed by atoms with Crippen molar-refractivity contribution in [2.45, 2.75) is 46.6 Å². The quantitative estimate of drug-likeness (QED) is 0.938. The molecule has 1 amide bonds. The van der Waals surface area contributed by atoms with Crippen molar-refractivity contribution in [3.8, 4) is 0 Å². The van der Waals surface area contributed by atoms with E-state index in [1.54, 1.807) is 12.4 Å². The van der Waals surface area contributed by atoms with Crippen LogP contribution in [0.25, 0.3) is 10.8 Å². The van der Waals surface area contributed by atoms with Gasteiger partial charge in [-0.1, -0.05) is 26.8 Å². The van der Waals surface area contributed by atoms with E-state index in [1.807, 2.05) is 18.2 Å². The molecule has 0 bridgehead atoms. The fourth-order valence-electron chi connectivity index (χ4n) is 2.89. The van der Waals surface area contributed by atoms with Crippen molar-refractivity contribution in [3.05, 3.63) is 36.2 Å². The third-order valence-corrected chi connectivity index (χ3v) is 3.23. The molecule has 0 spiro atoms.